The van der Waals surface area contributed by atoms with Crippen molar-refractivity contribution >= 4 is 38.3 Å². The van der Waals surface area contributed by atoms with E-state index in [9.17, 15) is 8.42 Å². The van der Waals surface area contributed by atoms with Crippen molar-refractivity contribution < 1.29 is 8.42 Å². The summed E-state index contributed by atoms with van der Waals surface area (Å²) in [5.74, 6) is 0.689. The lowest BCUT2D eigenvalue weighted by Gasteiger charge is -2.09. The van der Waals surface area contributed by atoms with Crippen molar-refractivity contribution in [3.63, 3.8) is 0 Å². The van der Waals surface area contributed by atoms with E-state index in [4.69, 9.17) is 11.6 Å². The molecule has 130 valence electrons. The van der Waals surface area contributed by atoms with Gasteiger partial charge in [-0.1, -0.05) is 54.1 Å². The summed E-state index contributed by atoms with van der Waals surface area (Å²) in [5.41, 5.74) is 2.61. The molecule has 3 aromatic carbocycles. The Hall–Kier alpha value is -2.83. The largest absolute Gasteiger partial charge is 0.338 e. The number of aromatic amines is 1. The number of fused-ring (bicyclic) bond motifs is 1. The Morgan fingerprint density at radius 2 is 1.65 bits per heavy atom. The van der Waals surface area contributed by atoms with Gasteiger partial charge in [0, 0.05) is 5.56 Å². The van der Waals surface area contributed by atoms with Crippen molar-refractivity contribution in [1.82, 2.24) is 9.97 Å². The van der Waals surface area contributed by atoms with E-state index >= 15 is 0 Å². The number of sulfonamides is 1. The fraction of sp³-hybridized carbons (Fsp3) is 0. The number of hydrogen-bond acceptors (Lipinski definition) is 3. The zero-order valence-corrected chi connectivity index (χ0v) is 15.1. The van der Waals surface area contributed by atoms with Crippen LogP contribution >= 0.6 is 11.6 Å². The molecule has 7 heteroatoms. The van der Waals surface area contributed by atoms with Gasteiger partial charge in [0.05, 0.1) is 26.6 Å². The van der Waals surface area contributed by atoms with Crippen molar-refractivity contribution in [2.24, 2.45) is 0 Å². The van der Waals surface area contributed by atoms with Crippen LogP contribution in [0.1, 0.15) is 0 Å². The zero-order valence-electron chi connectivity index (χ0n) is 13.5. The number of imidazole rings is 1. The van der Waals surface area contributed by atoms with Gasteiger partial charge in [-0.25, -0.2) is 13.4 Å². The lowest BCUT2D eigenvalue weighted by molar-refractivity contribution is 0.601. The highest BCUT2D eigenvalue weighted by atomic mass is 35.5. The minimum Gasteiger partial charge on any atom is -0.338 e. The van der Waals surface area contributed by atoms with E-state index in [0.717, 1.165) is 5.56 Å². The number of hydrogen-bond donors (Lipinski definition) is 2. The van der Waals surface area contributed by atoms with Crippen LogP contribution in [0.2, 0.25) is 5.02 Å². The number of rotatable bonds is 4. The molecule has 0 saturated heterocycles. The molecule has 0 spiro atoms. The lowest BCUT2D eigenvalue weighted by Crippen LogP contribution is -2.13. The van der Waals surface area contributed by atoms with Crippen LogP contribution in [0.15, 0.2) is 77.7 Å². The number of nitrogens with zero attached hydrogens (tertiary/aromatic N) is 1. The van der Waals surface area contributed by atoms with Crippen LogP contribution in [0, 0.1) is 0 Å². The summed E-state index contributed by atoms with van der Waals surface area (Å²) in [6.07, 6.45) is 0. The summed E-state index contributed by atoms with van der Waals surface area (Å²) in [5, 5.41) is 0.338. The van der Waals surface area contributed by atoms with E-state index in [1.54, 1.807) is 36.4 Å². The lowest BCUT2D eigenvalue weighted by atomic mass is 10.2. The van der Waals surface area contributed by atoms with Gasteiger partial charge in [0.25, 0.3) is 10.0 Å². The maximum Gasteiger partial charge on any atom is 0.262 e. The quantitative estimate of drug-likeness (QED) is 0.537. The van der Waals surface area contributed by atoms with Crippen LogP contribution < -0.4 is 4.72 Å². The molecule has 2 N–H and O–H groups in total. The summed E-state index contributed by atoms with van der Waals surface area (Å²) in [7, 11) is -3.76. The van der Waals surface area contributed by atoms with Gasteiger partial charge in [0.2, 0.25) is 0 Å². The Labute approximate surface area is 155 Å². The van der Waals surface area contributed by atoms with Crippen molar-refractivity contribution in [3.05, 3.63) is 77.8 Å². The van der Waals surface area contributed by atoms with E-state index in [1.165, 1.54) is 6.07 Å². The molecule has 4 rings (SSSR count). The Morgan fingerprint density at radius 1 is 0.923 bits per heavy atom. The maximum atomic E-state index is 12.7. The molecule has 0 radical (unpaired) electrons. The normalized spacial score (nSPS) is 11.6. The molecule has 1 heterocycles. The molecule has 0 fully saturated rings. The van der Waals surface area contributed by atoms with Crippen LogP contribution in [0.25, 0.3) is 22.4 Å². The van der Waals surface area contributed by atoms with Crippen LogP contribution in [0.5, 0.6) is 0 Å². The average molecular weight is 384 g/mol. The molecule has 0 atom stereocenters. The van der Waals surface area contributed by atoms with Crippen LogP contribution in [-0.4, -0.2) is 18.4 Å². The van der Waals surface area contributed by atoms with E-state index in [-0.39, 0.29) is 4.90 Å². The predicted octanol–water partition coefficient (Wildman–Crippen LogP) is 4.68. The average Bonchev–Trinajstić information content (AvgIpc) is 3.07. The Morgan fingerprint density at radius 3 is 2.42 bits per heavy atom. The van der Waals surface area contributed by atoms with Gasteiger partial charge in [-0.3, -0.25) is 4.72 Å². The number of halogens is 1. The molecule has 0 unspecified atom stereocenters. The minimum atomic E-state index is -3.76. The number of anilines is 1. The summed E-state index contributed by atoms with van der Waals surface area (Å²) >= 11 is 6.04. The van der Waals surface area contributed by atoms with E-state index in [0.29, 0.717) is 27.6 Å². The van der Waals surface area contributed by atoms with Crippen molar-refractivity contribution in [1.29, 1.82) is 0 Å². The van der Waals surface area contributed by atoms with Crippen molar-refractivity contribution in [3.8, 4) is 11.4 Å². The van der Waals surface area contributed by atoms with Gasteiger partial charge >= 0.3 is 0 Å². The number of benzene rings is 3. The number of H-pyrrole nitrogens is 1. The SMILES string of the molecule is O=S(=O)(Nc1ccccc1Cl)c1ccc2nc(-c3ccccc3)[nH]c2c1. The molecule has 0 bridgehead atoms. The third kappa shape index (κ3) is 3.16. The Balaban J connectivity index is 1.72. The van der Waals surface area contributed by atoms with Gasteiger partial charge < -0.3 is 4.98 Å². The molecule has 0 saturated carbocycles. The highest BCUT2D eigenvalue weighted by Gasteiger charge is 2.17. The van der Waals surface area contributed by atoms with Crippen LogP contribution in [0.3, 0.4) is 0 Å². The fourth-order valence-electron chi connectivity index (χ4n) is 2.64. The first kappa shape index (κ1) is 16.6. The standard InChI is InChI=1S/C19H14ClN3O2S/c20-15-8-4-5-9-16(15)23-26(24,25)14-10-11-17-18(12-14)22-19(21-17)13-6-2-1-3-7-13/h1-12,23H,(H,21,22). The fourth-order valence-corrected chi connectivity index (χ4v) is 3.98. The third-order valence-electron chi connectivity index (χ3n) is 3.93. The second-order valence-corrected chi connectivity index (χ2v) is 7.81. The summed E-state index contributed by atoms with van der Waals surface area (Å²) in [6, 6.07) is 21.1. The molecule has 26 heavy (non-hydrogen) atoms. The number of nitrogens with one attached hydrogen (secondary N) is 2. The Bertz CT molecular complexity index is 1190. The molecule has 5 nitrogen and oxygen atoms in total. The number of para-hydroxylation sites is 1. The molecule has 0 aliphatic carbocycles. The number of aromatic nitrogens is 2. The summed E-state index contributed by atoms with van der Waals surface area (Å²) in [6.45, 7) is 0. The minimum absolute atomic E-state index is 0.133. The smallest absolute Gasteiger partial charge is 0.262 e. The van der Waals surface area contributed by atoms with Crippen molar-refractivity contribution in [2.45, 2.75) is 4.90 Å². The highest BCUT2D eigenvalue weighted by molar-refractivity contribution is 7.92. The molecule has 0 amide bonds. The molecule has 1 aromatic heterocycles. The van der Waals surface area contributed by atoms with E-state index in [1.807, 2.05) is 30.3 Å². The molecule has 0 aliphatic heterocycles. The van der Waals surface area contributed by atoms with Gasteiger partial charge in [0.15, 0.2) is 0 Å². The molecule has 4 aromatic rings. The first-order chi connectivity index (χ1) is 12.5. The van der Waals surface area contributed by atoms with Crippen molar-refractivity contribution in [2.75, 3.05) is 4.72 Å². The van der Waals surface area contributed by atoms with E-state index in [2.05, 4.69) is 14.7 Å². The van der Waals surface area contributed by atoms with Crippen LogP contribution in [0.4, 0.5) is 5.69 Å². The second kappa shape index (κ2) is 6.48. The Kier molecular flexibility index (Phi) is 4.14. The zero-order chi connectivity index (χ0) is 18.1. The first-order valence-corrected chi connectivity index (χ1v) is 9.71. The molecule has 0 aliphatic rings. The predicted molar refractivity (Wildman–Crippen MR) is 104 cm³/mol. The van der Waals surface area contributed by atoms with Gasteiger partial charge in [-0.05, 0) is 30.3 Å². The van der Waals surface area contributed by atoms with Gasteiger partial charge in [-0.15, -0.1) is 0 Å². The first-order valence-electron chi connectivity index (χ1n) is 7.85. The monoisotopic (exact) mass is 383 g/mol. The third-order valence-corrected chi connectivity index (χ3v) is 5.62. The van der Waals surface area contributed by atoms with E-state index < -0.39 is 10.0 Å². The molecular formula is C19H14ClN3O2S. The highest BCUT2D eigenvalue weighted by Crippen LogP contribution is 2.26. The topological polar surface area (TPSA) is 74.8 Å². The molecular weight excluding hydrogens is 370 g/mol. The van der Waals surface area contributed by atoms with Crippen LogP contribution in [-0.2, 0) is 10.0 Å². The maximum absolute atomic E-state index is 12.7. The summed E-state index contributed by atoms with van der Waals surface area (Å²) < 4.78 is 27.9. The summed E-state index contributed by atoms with van der Waals surface area (Å²) in [4.78, 5) is 7.82. The van der Waals surface area contributed by atoms with Gasteiger partial charge in [0.1, 0.15) is 5.82 Å². The van der Waals surface area contributed by atoms with Gasteiger partial charge in [-0.2, -0.15) is 0 Å². The second-order valence-electron chi connectivity index (χ2n) is 5.72.